The van der Waals surface area contributed by atoms with Crippen LogP contribution in [0.4, 0.5) is 0 Å². The van der Waals surface area contributed by atoms with E-state index in [1.165, 1.54) is 11.3 Å². The third-order valence-corrected chi connectivity index (χ3v) is 4.81. The summed E-state index contributed by atoms with van der Waals surface area (Å²) in [4.78, 5) is 32.1. The maximum absolute atomic E-state index is 11.9. The van der Waals surface area contributed by atoms with Crippen LogP contribution < -0.4 is 5.56 Å². The monoisotopic (exact) mass is 307 g/mol. The van der Waals surface area contributed by atoms with E-state index in [9.17, 15) is 9.59 Å². The molecule has 0 aromatic carbocycles. The number of carboxylic acids is 1. The first-order chi connectivity index (χ1) is 10.1. The van der Waals surface area contributed by atoms with Gasteiger partial charge in [0.25, 0.3) is 5.56 Å². The van der Waals surface area contributed by atoms with E-state index in [4.69, 9.17) is 5.11 Å². The van der Waals surface area contributed by atoms with Gasteiger partial charge in [-0.2, -0.15) is 0 Å². The molecular formula is C14H17N3O3S. The van der Waals surface area contributed by atoms with E-state index in [0.29, 0.717) is 17.1 Å². The van der Waals surface area contributed by atoms with Crippen molar-refractivity contribution in [3.63, 3.8) is 0 Å². The number of piperidine rings is 1. The molecule has 112 valence electrons. The van der Waals surface area contributed by atoms with E-state index in [1.807, 2.05) is 11.4 Å². The third-order valence-electron chi connectivity index (χ3n) is 3.91. The number of hydrogen-bond donors (Lipinski definition) is 2. The zero-order valence-electron chi connectivity index (χ0n) is 11.5. The number of H-pyrrole nitrogens is 1. The Morgan fingerprint density at radius 1 is 1.48 bits per heavy atom. The molecule has 0 saturated carbocycles. The number of thiophene rings is 1. The number of likely N-dealkylation sites (tertiary alicyclic amines) is 1. The van der Waals surface area contributed by atoms with Gasteiger partial charge in [-0.15, -0.1) is 11.3 Å². The molecule has 1 saturated heterocycles. The molecule has 1 fully saturated rings. The van der Waals surface area contributed by atoms with Crippen LogP contribution in [0, 0.1) is 5.92 Å². The second-order valence-electron chi connectivity index (χ2n) is 5.46. The molecule has 21 heavy (non-hydrogen) atoms. The van der Waals surface area contributed by atoms with Gasteiger partial charge >= 0.3 is 5.97 Å². The van der Waals surface area contributed by atoms with Crippen LogP contribution in [0.5, 0.6) is 0 Å². The molecule has 6 nitrogen and oxygen atoms in total. The summed E-state index contributed by atoms with van der Waals surface area (Å²) in [5, 5.41) is 10.7. The van der Waals surface area contributed by atoms with Crippen LogP contribution >= 0.6 is 11.3 Å². The summed E-state index contributed by atoms with van der Waals surface area (Å²) < 4.78 is 0.666. The molecule has 2 N–H and O–H groups in total. The highest BCUT2D eigenvalue weighted by Crippen LogP contribution is 2.21. The van der Waals surface area contributed by atoms with E-state index in [1.54, 1.807) is 0 Å². The molecule has 2 aromatic heterocycles. The van der Waals surface area contributed by atoms with E-state index in [0.717, 1.165) is 31.4 Å². The first kappa shape index (κ1) is 14.2. The second-order valence-corrected chi connectivity index (χ2v) is 6.38. The summed E-state index contributed by atoms with van der Waals surface area (Å²) in [5.41, 5.74) is 0.672. The molecule has 1 aliphatic rings. The summed E-state index contributed by atoms with van der Waals surface area (Å²) in [6, 6.07) is 1.86. The van der Waals surface area contributed by atoms with Gasteiger partial charge in [0.1, 0.15) is 10.5 Å². The van der Waals surface area contributed by atoms with Crippen LogP contribution in [0.15, 0.2) is 16.2 Å². The summed E-state index contributed by atoms with van der Waals surface area (Å²) in [6.45, 7) is 2.31. The number of nitrogens with one attached hydrogen (secondary N) is 1. The van der Waals surface area contributed by atoms with Crippen molar-refractivity contribution < 1.29 is 9.90 Å². The smallest absolute Gasteiger partial charge is 0.303 e. The molecule has 0 bridgehead atoms. The summed E-state index contributed by atoms with van der Waals surface area (Å²) >= 11 is 1.40. The average Bonchev–Trinajstić information content (AvgIpc) is 2.89. The molecule has 7 heteroatoms. The van der Waals surface area contributed by atoms with Crippen molar-refractivity contribution in [2.24, 2.45) is 5.92 Å². The molecule has 1 aliphatic heterocycles. The van der Waals surface area contributed by atoms with Crippen molar-refractivity contribution >= 4 is 27.5 Å². The lowest BCUT2D eigenvalue weighted by atomic mass is 9.94. The largest absolute Gasteiger partial charge is 0.481 e. The number of carbonyl (C=O) groups is 1. The molecule has 0 radical (unpaired) electrons. The Kier molecular flexibility index (Phi) is 4.03. The minimum Gasteiger partial charge on any atom is -0.481 e. The second kappa shape index (κ2) is 5.95. The number of aromatic amines is 1. The Labute approximate surface area is 125 Å². The fraction of sp³-hybridized carbons (Fsp3) is 0.500. The third kappa shape index (κ3) is 3.30. The number of carboxylic acid groups (broad SMARTS) is 1. The molecule has 0 unspecified atom stereocenters. The average molecular weight is 307 g/mol. The van der Waals surface area contributed by atoms with E-state index in [2.05, 4.69) is 14.9 Å². The van der Waals surface area contributed by atoms with Crippen molar-refractivity contribution in [2.45, 2.75) is 25.8 Å². The molecule has 2 aromatic rings. The first-order valence-electron chi connectivity index (χ1n) is 7.02. The molecule has 3 rings (SSSR count). The Bertz CT molecular complexity index is 701. The standard InChI is InChI=1S/C14H17N3O3S/c18-12(19)7-9-1-4-17(5-2-9)8-11-15-10-3-6-21-13(10)14(20)16-11/h3,6,9H,1-2,4-5,7-8H2,(H,18,19)(H,15,16,20). The zero-order valence-corrected chi connectivity index (χ0v) is 12.4. The highest BCUT2D eigenvalue weighted by molar-refractivity contribution is 7.17. The van der Waals surface area contributed by atoms with Crippen LogP contribution in [0.1, 0.15) is 25.1 Å². The van der Waals surface area contributed by atoms with Gasteiger partial charge in [0, 0.05) is 6.42 Å². The van der Waals surface area contributed by atoms with Crippen LogP contribution in [-0.2, 0) is 11.3 Å². The fourth-order valence-corrected chi connectivity index (χ4v) is 3.53. The normalized spacial score (nSPS) is 17.3. The summed E-state index contributed by atoms with van der Waals surface area (Å²) in [7, 11) is 0. The number of aromatic nitrogens is 2. The lowest BCUT2D eigenvalue weighted by molar-refractivity contribution is -0.138. The van der Waals surface area contributed by atoms with Crippen molar-refractivity contribution in [3.05, 3.63) is 27.6 Å². The molecule has 0 spiro atoms. The molecule has 3 heterocycles. The van der Waals surface area contributed by atoms with Gasteiger partial charge in [-0.25, -0.2) is 4.98 Å². The Morgan fingerprint density at radius 3 is 2.95 bits per heavy atom. The number of rotatable bonds is 4. The highest BCUT2D eigenvalue weighted by atomic mass is 32.1. The lowest BCUT2D eigenvalue weighted by Crippen LogP contribution is -2.34. The number of fused-ring (bicyclic) bond motifs is 1. The summed E-state index contributed by atoms with van der Waals surface area (Å²) in [6.07, 6.45) is 2.03. The maximum Gasteiger partial charge on any atom is 0.303 e. The number of hydrogen-bond acceptors (Lipinski definition) is 5. The van der Waals surface area contributed by atoms with E-state index < -0.39 is 5.97 Å². The minimum atomic E-state index is -0.720. The van der Waals surface area contributed by atoms with E-state index >= 15 is 0 Å². The van der Waals surface area contributed by atoms with Crippen molar-refractivity contribution in [3.8, 4) is 0 Å². The van der Waals surface area contributed by atoms with Gasteiger partial charge in [0.15, 0.2) is 0 Å². The maximum atomic E-state index is 11.9. The van der Waals surface area contributed by atoms with Gasteiger partial charge in [-0.1, -0.05) is 0 Å². The molecular weight excluding hydrogens is 290 g/mol. The Balaban J connectivity index is 1.64. The number of nitrogens with zero attached hydrogens (tertiary/aromatic N) is 2. The van der Waals surface area contributed by atoms with Crippen molar-refractivity contribution in [2.75, 3.05) is 13.1 Å². The predicted molar refractivity (Wildman–Crippen MR) is 80.5 cm³/mol. The Morgan fingerprint density at radius 2 is 2.24 bits per heavy atom. The highest BCUT2D eigenvalue weighted by Gasteiger charge is 2.21. The van der Waals surface area contributed by atoms with Crippen LogP contribution in [0.3, 0.4) is 0 Å². The van der Waals surface area contributed by atoms with E-state index in [-0.39, 0.29) is 17.9 Å². The van der Waals surface area contributed by atoms with Crippen LogP contribution in [0.2, 0.25) is 0 Å². The minimum absolute atomic E-state index is 0.0780. The first-order valence-corrected chi connectivity index (χ1v) is 7.90. The number of aliphatic carboxylic acids is 1. The zero-order chi connectivity index (χ0) is 14.8. The predicted octanol–water partition coefficient (Wildman–Crippen LogP) is 1.67. The van der Waals surface area contributed by atoms with Gasteiger partial charge in [-0.3, -0.25) is 14.5 Å². The van der Waals surface area contributed by atoms with Crippen LogP contribution in [-0.4, -0.2) is 39.0 Å². The molecule has 0 amide bonds. The van der Waals surface area contributed by atoms with Gasteiger partial charge < -0.3 is 10.1 Å². The quantitative estimate of drug-likeness (QED) is 0.897. The van der Waals surface area contributed by atoms with Crippen molar-refractivity contribution in [1.82, 2.24) is 14.9 Å². The Hall–Kier alpha value is -1.73. The van der Waals surface area contributed by atoms with Gasteiger partial charge in [0.05, 0.1) is 12.1 Å². The SMILES string of the molecule is O=C(O)CC1CCN(Cc2nc3ccsc3c(=O)[nH]2)CC1. The lowest BCUT2D eigenvalue weighted by Gasteiger charge is -2.30. The van der Waals surface area contributed by atoms with Gasteiger partial charge in [0.2, 0.25) is 0 Å². The topological polar surface area (TPSA) is 86.3 Å². The molecule has 0 atom stereocenters. The summed E-state index contributed by atoms with van der Waals surface area (Å²) in [5.74, 6) is 0.232. The van der Waals surface area contributed by atoms with Crippen molar-refractivity contribution in [1.29, 1.82) is 0 Å². The molecule has 0 aliphatic carbocycles. The van der Waals surface area contributed by atoms with Gasteiger partial charge in [-0.05, 0) is 43.3 Å². The fourth-order valence-electron chi connectivity index (χ4n) is 2.80. The van der Waals surface area contributed by atoms with Crippen LogP contribution in [0.25, 0.3) is 10.2 Å².